The normalized spacial score (nSPS) is 16.2. The Kier molecular flexibility index (Phi) is 4.99. The van der Waals surface area contributed by atoms with E-state index in [1.807, 2.05) is 6.92 Å². The van der Waals surface area contributed by atoms with E-state index in [1.165, 1.54) is 11.8 Å². The number of rotatable bonds is 4. The van der Waals surface area contributed by atoms with E-state index in [9.17, 15) is 9.59 Å². The Labute approximate surface area is 121 Å². The van der Waals surface area contributed by atoms with Crippen LogP contribution in [0.1, 0.15) is 26.7 Å². The largest absolute Gasteiger partial charge is 0.343 e. The number of carbonyl (C=O) groups is 2. The van der Waals surface area contributed by atoms with Gasteiger partial charge in [0.1, 0.15) is 0 Å². The Morgan fingerprint density at radius 1 is 1.45 bits per heavy atom. The van der Waals surface area contributed by atoms with Gasteiger partial charge in [0.15, 0.2) is 0 Å². The lowest BCUT2D eigenvalue weighted by atomic mass is 9.96. The highest BCUT2D eigenvalue weighted by molar-refractivity contribution is 7.99. The third-order valence-electron chi connectivity index (χ3n) is 3.29. The minimum absolute atomic E-state index is 0.0580. The van der Waals surface area contributed by atoms with E-state index in [1.54, 1.807) is 11.8 Å². The predicted molar refractivity (Wildman–Crippen MR) is 76.4 cm³/mol. The van der Waals surface area contributed by atoms with Gasteiger partial charge in [0.25, 0.3) is 0 Å². The van der Waals surface area contributed by atoms with Crippen LogP contribution in [0.3, 0.4) is 0 Å². The van der Waals surface area contributed by atoms with E-state index >= 15 is 0 Å². The molecule has 0 unspecified atom stereocenters. The molecule has 7 nitrogen and oxygen atoms in total. The molecule has 2 rings (SSSR count). The summed E-state index contributed by atoms with van der Waals surface area (Å²) in [6.07, 6.45) is 1.38. The van der Waals surface area contributed by atoms with Crippen LogP contribution in [-0.2, 0) is 9.59 Å². The molecule has 1 aliphatic rings. The molecule has 110 valence electrons. The fourth-order valence-corrected chi connectivity index (χ4v) is 2.70. The molecule has 2 heterocycles. The van der Waals surface area contributed by atoms with Gasteiger partial charge in [0, 0.05) is 25.9 Å². The Hall–Kier alpha value is -1.57. The first-order chi connectivity index (χ1) is 9.60. The zero-order valence-corrected chi connectivity index (χ0v) is 12.5. The maximum atomic E-state index is 12.1. The molecule has 2 amide bonds. The summed E-state index contributed by atoms with van der Waals surface area (Å²) in [6.45, 7) is 4.85. The fraction of sp³-hybridized carbons (Fsp3) is 0.667. The Morgan fingerprint density at radius 3 is 2.75 bits per heavy atom. The molecule has 1 saturated heterocycles. The maximum Gasteiger partial charge on any atom is 0.229 e. The van der Waals surface area contributed by atoms with Gasteiger partial charge >= 0.3 is 0 Å². The quantitative estimate of drug-likeness (QED) is 0.813. The van der Waals surface area contributed by atoms with Crippen molar-refractivity contribution in [3.63, 3.8) is 0 Å². The molecule has 0 aromatic carbocycles. The summed E-state index contributed by atoms with van der Waals surface area (Å²) in [5.41, 5.74) is 0. The average Bonchev–Trinajstić information content (AvgIpc) is 2.86. The van der Waals surface area contributed by atoms with Crippen molar-refractivity contribution in [3.05, 3.63) is 0 Å². The number of hydrogen-bond acceptors (Lipinski definition) is 5. The second-order valence-electron chi connectivity index (χ2n) is 4.67. The topological polar surface area (TPSA) is 91.0 Å². The summed E-state index contributed by atoms with van der Waals surface area (Å²) in [4.78, 5) is 29.3. The Balaban J connectivity index is 1.84. The number of carbonyl (C=O) groups excluding carboxylic acids is 2. The molecule has 0 atom stereocenters. The third kappa shape index (κ3) is 3.72. The SMILES string of the molecule is CCSc1n[nH]c(NC(=O)C2CCN(C(C)=O)CC2)n1. The van der Waals surface area contributed by atoms with Gasteiger partial charge in [0.2, 0.25) is 22.9 Å². The van der Waals surface area contributed by atoms with Gasteiger partial charge in [0.05, 0.1) is 0 Å². The molecular formula is C12H19N5O2S. The zero-order chi connectivity index (χ0) is 14.5. The molecule has 0 spiro atoms. The van der Waals surface area contributed by atoms with Crippen LogP contribution in [0.4, 0.5) is 5.95 Å². The number of aromatic nitrogens is 3. The first kappa shape index (κ1) is 14.8. The average molecular weight is 297 g/mol. The minimum Gasteiger partial charge on any atom is -0.343 e. The number of likely N-dealkylation sites (tertiary alicyclic amines) is 1. The molecule has 8 heteroatoms. The molecule has 0 radical (unpaired) electrons. The van der Waals surface area contributed by atoms with Crippen molar-refractivity contribution in [3.8, 4) is 0 Å². The van der Waals surface area contributed by atoms with Gasteiger partial charge in [-0.2, -0.15) is 4.98 Å². The van der Waals surface area contributed by atoms with Crippen molar-refractivity contribution in [1.82, 2.24) is 20.1 Å². The van der Waals surface area contributed by atoms with Crippen LogP contribution in [0.2, 0.25) is 0 Å². The van der Waals surface area contributed by atoms with Gasteiger partial charge in [-0.3, -0.25) is 14.9 Å². The van der Waals surface area contributed by atoms with Gasteiger partial charge in [-0.05, 0) is 18.6 Å². The Bertz CT molecular complexity index is 482. The number of nitrogens with zero attached hydrogens (tertiary/aromatic N) is 3. The summed E-state index contributed by atoms with van der Waals surface area (Å²) >= 11 is 1.51. The van der Waals surface area contributed by atoms with Gasteiger partial charge < -0.3 is 4.90 Å². The third-order valence-corrected chi connectivity index (χ3v) is 4.02. The van der Waals surface area contributed by atoms with Crippen molar-refractivity contribution < 1.29 is 9.59 Å². The van der Waals surface area contributed by atoms with E-state index in [4.69, 9.17) is 0 Å². The summed E-state index contributed by atoms with van der Waals surface area (Å²) in [7, 11) is 0. The lowest BCUT2D eigenvalue weighted by molar-refractivity contribution is -0.132. The van der Waals surface area contributed by atoms with Crippen LogP contribution in [0, 0.1) is 5.92 Å². The van der Waals surface area contributed by atoms with Gasteiger partial charge in [-0.15, -0.1) is 5.10 Å². The Morgan fingerprint density at radius 2 is 2.15 bits per heavy atom. The monoisotopic (exact) mass is 297 g/mol. The van der Waals surface area contributed by atoms with Crippen LogP contribution in [-0.4, -0.2) is 50.7 Å². The lowest BCUT2D eigenvalue weighted by Crippen LogP contribution is -2.40. The molecule has 0 bridgehead atoms. The number of nitrogens with one attached hydrogen (secondary N) is 2. The van der Waals surface area contributed by atoms with E-state index in [0.717, 1.165) is 5.75 Å². The number of anilines is 1. The molecular weight excluding hydrogens is 278 g/mol. The standard InChI is InChI=1S/C12H19N5O2S/c1-3-20-12-14-11(15-16-12)13-10(19)9-4-6-17(7-5-9)8(2)18/h9H,3-7H2,1-2H3,(H2,13,14,15,16,19). The summed E-state index contributed by atoms with van der Waals surface area (Å²) in [5.74, 6) is 1.21. The highest BCUT2D eigenvalue weighted by Gasteiger charge is 2.26. The number of thioether (sulfide) groups is 1. The minimum atomic E-state index is -0.0713. The van der Waals surface area contributed by atoms with Crippen LogP contribution in [0.5, 0.6) is 0 Å². The second-order valence-corrected chi connectivity index (χ2v) is 5.90. The smallest absolute Gasteiger partial charge is 0.229 e. The second kappa shape index (κ2) is 6.74. The van der Waals surface area contributed by atoms with E-state index in [0.29, 0.717) is 37.0 Å². The van der Waals surface area contributed by atoms with Crippen LogP contribution >= 0.6 is 11.8 Å². The molecule has 0 saturated carbocycles. The predicted octanol–water partition coefficient (Wildman–Crippen LogP) is 1.11. The van der Waals surface area contributed by atoms with Crippen LogP contribution < -0.4 is 5.32 Å². The molecule has 1 aliphatic heterocycles. The summed E-state index contributed by atoms with van der Waals surface area (Å²) in [6, 6.07) is 0. The van der Waals surface area contributed by atoms with Crippen molar-refractivity contribution >= 4 is 29.5 Å². The van der Waals surface area contributed by atoms with Gasteiger partial charge in [-0.1, -0.05) is 18.7 Å². The summed E-state index contributed by atoms with van der Waals surface area (Å²) in [5, 5.41) is 10.1. The molecule has 1 aromatic heterocycles. The first-order valence-corrected chi connectivity index (χ1v) is 7.70. The maximum absolute atomic E-state index is 12.1. The van der Waals surface area contributed by atoms with Crippen molar-refractivity contribution in [2.45, 2.75) is 31.8 Å². The molecule has 20 heavy (non-hydrogen) atoms. The zero-order valence-electron chi connectivity index (χ0n) is 11.7. The molecule has 2 N–H and O–H groups in total. The number of H-pyrrole nitrogens is 1. The first-order valence-electron chi connectivity index (χ1n) is 6.71. The van der Waals surface area contributed by atoms with Crippen LogP contribution in [0.25, 0.3) is 0 Å². The number of aromatic amines is 1. The van der Waals surface area contributed by atoms with Crippen molar-refractivity contribution in [1.29, 1.82) is 0 Å². The summed E-state index contributed by atoms with van der Waals surface area (Å²) < 4.78 is 0. The lowest BCUT2D eigenvalue weighted by Gasteiger charge is -2.30. The molecule has 1 aromatic rings. The van der Waals surface area contributed by atoms with Crippen molar-refractivity contribution in [2.75, 3.05) is 24.2 Å². The molecule has 0 aliphatic carbocycles. The van der Waals surface area contributed by atoms with E-state index in [-0.39, 0.29) is 17.7 Å². The van der Waals surface area contributed by atoms with E-state index < -0.39 is 0 Å². The van der Waals surface area contributed by atoms with E-state index in [2.05, 4.69) is 20.5 Å². The number of hydrogen-bond donors (Lipinski definition) is 2. The van der Waals surface area contributed by atoms with Crippen LogP contribution in [0.15, 0.2) is 5.16 Å². The number of amides is 2. The molecule has 1 fully saturated rings. The van der Waals surface area contributed by atoms with Gasteiger partial charge in [-0.25, -0.2) is 5.10 Å². The highest BCUT2D eigenvalue weighted by Crippen LogP contribution is 2.19. The van der Waals surface area contributed by atoms with Crippen molar-refractivity contribution in [2.24, 2.45) is 5.92 Å². The fourth-order valence-electron chi connectivity index (χ4n) is 2.17. The number of piperidine rings is 1. The highest BCUT2D eigenvalue weighted by atomic mass is 32.2.